The van der Waals surface area contributed by atoms with Crippen LogP contribution in [0.1, 0.15) is 18.1 Å². The second-order valence-corrected chi connectivity index (χ2v) is 4.92. The van der Waals surface area contributed by atoms with Gasteiger partial charge in [-0.25, -0.2) is 0 Å². The molecule has 0 aliphatic rings. The van der Waals surface area contributed by atoms with E-state index in [0.29, 0.717) is 11.0 Å². The molecule has 6 heteroatoms. The van der Waals surface area contributed by atoms with Crippen LogP contribution >= 0.6 is 0 Å². The molecule has 0 fully saturated rings. The van der Waals surface area contributed by atoms with Crippen molar-refractivity contribution in [3.63, 3.8) is 0 Å². The van der Waals surface area contributed by atoms with Crippen LogP contribution < -0.4 is 10.7 Å². The van der Waals surface area contributed by atoms with Gasteiger partial charge >= 0.3 is 5.97 Å². The number of rotatable bonds is 4. The van der Waals surface area contributed by atoms with E-state index in [2.05, 4.69) is 5.32 Å². The molecule has 1 aromatic heterocycles. The number of hydrogen-bond acceptors (Lipinski definition) is 4. The summed E-state index contributed by atoms with van der Waals surface area (Å²) >= 11 is 0. The van der Waals surface area contributed by atoms with Gasteiger partial charge in [-0.05, 0) is 32.1 Å². The van der Waals surface area contributed by atoms with Gasteiger partial charge in [0.05, 0.1) is 10.9 Å². The van der Waals surface area contributed by atoms with Gasteiger partial charge in [-0.3, -0.25) is 14.4 Å². The predicted octanol–water partition coefficient (Wildman–Crippen LogP) is 1.70. The van der Waals surface area contributed by atoms with Gasteiger partial charge in [0.15, 0.2) is 5.43 Å². The number of carbonyl (C=O) groups is 2. The maximum absolute atomic E-state index is 12.3. The van der Waals surface area contributed by atoms with E-state index in [9.17, 15) is 14.4 Å². The van der Waals surface area contributed by atoms with Gasteiger partial charge in [-0.1, -0.05) is 11.6 Å². The highest BCUT2D eigenvalue weighted by molar-refractivity contribution is 5.94. The average Bonchev–Trinajstić information content (AvgIpc) is 2.47. The fourth-order valence-electron chi connectivity index (χ4n) is 1.86. The summed E-state index contributed by atoms with van der Waals surface area (Å²) in [7, 11) is 0. The number of aliphatic carboxylic acids is 1. The van der Waals surface area contributed by atoms with E-state index in [4.69, 9.17) is 9.52 Å². The molecular formula is C16H15NO5. The molecule has 2 N–H and O–H groups in total. The Morgan fingerprint density at radius 1 is 1.36 bits per heavy atom. The largest absolute Gasteiger partial charge is 0.480 e. The molecule has 6 nitrogen and oxygen atoms in total. The van der Waals surface area contributed by atoms with Crippen molar-refractivity contribution in [1.29, 1.82) is 0 Å². The molecule has 0 spiro atoms. The van der Waals surface area contributed by atoms with Gasteiger partial charge in [0.25, 0.3) is 0 Å². The molecule has 1 atom stereocenters. The summed E-state index contributed by atoms with van der Waals surface area (Å²) in [5.41, 5.74) is 1.36. The maximum Gasteiger partial charge on any atom is 0.325 e. The topological polar surface area (TPSA) is 96.6 Å². The molecule has 1 heterocycles. The van der Waals surface area contributed by atoms with Crippen LogP contribution in [0.25, 0.3) is 17.0 Å². The molecule has 0 saturated carbocycles. The SMILES string of the molecule is Cc1ccc2occ(/C=C/C(=O)NC(C)C(=O)O)c(=O)c2c1. The van der Waals surface area contributed by atoms with Crippen molar-refractivity contribution in [2.24, 2.45) is 0 Å². The zero-order valence-corrected chi connectivity index (χ0v) is 12.1. The molecule has 22 heavy (non-hydrogen) atoms. The highest BCUT2D eigenvalue weighted by Crippen LogP contribution is 2.13. The molecule has 2 aromatic rings. The minimum atomic E-state index is -1.14. The van der Waals surface area contributed by atoms with Crippen LogP contribution in [0.5, 0.6) is 0 Å². The fraction of sp³-hybridized carbons (Fsp3) is 0.188. The third-order valence-corrected chi connectivity index (χ3v) is 3.10. The third kappa shape index (κ3) is 3.41. The highest BCUT2D eigenvalue weighted by Gasteiger charge is 2.12. The van der Waals surface area contributed by atoms with E-state index in [1.54, 1.807) is 12.1 Å². The zero-order chi connectivity index (χ0) is 16.3. The number of carbonyl (C=O) groups excluding carboxylic acids is 1. The molecule has 1 aromatic carbocycles. The molecule has 0 aliphatic carbocycles. The highest BCUT2D eigenvalue weighted by atomic mass is 16.4. The minimum absolute atomic E-state index is 0.219. The summed E-state index contributed by atoms with van der Waals surface area (Å²) in [5.74, 6) is -1.74. The number of carboxylic acid groups (broad SMARTS) is 1. The standard InChI is InChI=1S/C16H15NO5/c1-9-3-5-13-12(7-9)15(19)11(8-22-13)4-6-14(18)17-10(2)16(20)21/h3-8,10H,1-2H3,(H,17,18)(H,20,21)/b6-4+. The number of fused-ring (bicyclic) bond motifs is 1. The first-order valence-corrected chi connectivity index (χ1v) is 6.62. The first kappa shape index (κ1) is 15.5. The summed E-state index contributed by atoms with van der Waals surface area (Å²) in [6.07, 6.45) is 3.68. The van der Waals surface area contributed by atoms with Crippen LogP contribution in [-0.2, 0) is 9.59 Å². The number of nitrogens with one attached hydrogen (secondary N) is 1. The van der Waals surface area contributed by atoms with E-state index in [1.807, 2.05) is 13.0 Å². The van der Waals surface area contributed by atoms with Gasteiger partial charge in [0.1, 0.15) is 17.9 Å². The van der Waals surface area contributed by atoms with Gasteiger partial charge in [0, 0.05) is 6.08 Å². The van der Waals surface area contributed by atoms with Crippen LogP contribution in [0.4, 0.5) is 0 Å². The lowest BCUT2D eigenvalue weighted by Gasteiger charge is -2.05. The number of carboxylic acids is 1. The lowest BCUT2D eigenvalue weighted by atomic mass is 10.1. The number of hydrogen-bond donors (Lipinski definition) is 2. The molecule has 1 amide bonds. The normalized spacial score (nSPS) is 12.5. The van der Waals surface area contributed by atoms with Gasteiger partial charge < -0.3 is 14.8 Å². The Kier molecular flexibility index (Phi) is 4.41. The summed E-state index contributed by atoms with van der Waals surface area (Å²) in [4.78, 5) is 34.5. The number of benzene rings is 1. The summed E-state index contributed by atoms with van der Waals surface area (Å²) in [5, 5.41) is 11.4. The Bertz CT molecular complexity index is 819. The van der Waals surface area contributed by atoms with E-state index in [1.165, 1.54) is 19.3 Å². The van der Waals surface area contributed by atoms with Gasteiger partial charge in [0.2, 0.25) is 5.91 Å². The lowest BCUT2D eigenvalue weighted by molar-refractivity contribution is -0.140. The molecule has 1 unspecified atom stereocenters. The maximum atomic E-state index is 12.3. The molecule has 2 rings (SSSR count). The van der Waals surface area contributed by atoms with Crippen molar-refractivity contribution in [3.05, 3.63) is 51.9 Å². The Balaban J connectivity index is 2.26. The molecule has 0 aliphatic heterocycles. The van der Waals surface area contributed by atoms with E-state index >= 15 is 0 Å². The van der Waals surface area contributed by atoms with Crippen molar-refractivity contribution in [2.45, 2.75) is 19.9 Å². The number of amides is 1. The summed E-state index contributed by atoms with van der Waals surface area (Å²) < 4.78 is 5.35. The van der Waals surface area contributed by atoms with Crippen LogP contribution in [0, 0.1) is 6.92 Å². The Morgan fingerprint density at radius 3 is 2.77 bits per heavy atom. The second-order valence-electron chi connectivity index (χ2n) is 4.92. The number of aryl methyl sites for hydroxylation is 1. The molecule has 114 valence electrons. The Morgan fingerprint density at radius 2 is 2.09 bits per heavy atom. The van der Waals surface area contributed by atoms with Gasteiger partial charge in [-0.15, -0.1) is 0 Å². The van der Waals surface area contributed by atoms with Crippen LogP contribution in [0.3, 0.4) is 0 Å². The smallest absolute Gasteiger partial charge is 0.325 e. The van der Waals surface area contributed by atoms with Crippen molar-refractivity contribution >= 4 is 28.9 Å². The summed E-state index contributed by atoms with van der Waals surface area (Å²) in [6.45, 7) is 3.21. The van der Waals surface area contributed by atoms with Crippen LogP contribution in [0.2, 0.25) is 0 Å². The molecule has 0 saturated heterocycles. The monoisotopic (exact) mass is 301 g/mol. The van der Waals surface area contributed by atoms with Crippen molar-refractivity contribution in [3.8, 4) is 0 Å². The fourth-order valence-corrected chi connectivity index (χ4v) is 1.86. The molecular weight excluding hydrogens is 286 g/mol. The van der Waals surface area contributed by atoms with Crippen LogP contribution in [0.15, 0.2) is 39.7 Å². The molecule has 0 bridgehead atoms. The minimum Gasteiger partial charge on any atom is -0.480 e. The first-order chi connectivity index (χ1) is 10.4. The van der Waals surface area contributed by atoms with Gasteiger partial charge in [-0.2, -0.15) is 0 Å². The van der Waals surface area contributed by atoms with E-state index < -0.39 is 17.9 Å². The van der Waals surface area contributed by atoms with Crippen LogP contribution in [-0.4, -0.2) is 23.0 Å². The van der Waals surface area contributed by atoms with E-state index in [0.717, 1.165) is 11.6 Å². The Labute approximate surface area is 126 Å². The lowest BCUT2D eigenvalue weighted by Crippen LogP contribution is -2.37. The van der Waals surface area contributed by atoms with Crippen molar-refractivity contribution in [2.75, 3.05) is 0 Å². The second kappa shape index (κ2) is 6.26. The zero-order valence-electron chi connectivity index (χ0n) is 12.1. The average molecular weight is 301 g/mol. The Hall–Kier alpha value is -2.89. The molecule has 0 radical (unpaired) electrons. The summed E-state index contributed by atoms with van der Waals surface area (Å²) in [6, 6.07) is 4.25. The van der Waals surface area contributed by atoms with Crippen molar-refractivity contribution in [1.82, 2.24) is 5.32 Å². The quantitative estimate of drug-likeness (QED) is 0.838. The van der Waals surface area contributed by atoms with Crippen molar-refractivity contribution < 1.29 is 19.1 Å². The third-order valence-electron chi connectivity index (χ3n) is 3.10. The first-order valence-electron chi connectivity index (χ1n) is 6.62. The van der Waals surface area contributed by atoms with E-state index in [-0.39, 0.29) is 11.0 Å². The predicted molar refractivity (Wildman–Crippen MR) is 81.5 cm³/mol.